The lowest BCUT2D eigenvalue weighted by atomic mass is 10.2. The topological polar surface area (TPSA) is 130 Å². The number of piperazine rings is 1. The highest BCUT2D eigenvalue weighted by Crippen LogP contribution is 2.33. The second-order valence-electron chi connectivity index (χ2n) is 10.8. The van der Waals surface area contributed by atoms with E-state index in [0.717, 1.165) is 18.5 Å². The van der Waals surface area contributed by atoms with Crippen molar-refractivity contribution in [2.75, 3.05) is 54.8 Å². The highest BCUT2D eigenvalue weighted by atomic mass is 35.5. The second-order valence-corrected chi connectivity index (χ2v) is 13.5. The Hall–Kier alpha value is -3.35. The maximum atomic E-state index is 13.4. The molecule has 1 heterocycles. The minimum Gasteiger partial charge on any atom is -0.368 e. The quantitative estimate of drug-likeness (QED) is 0.296. The predicted molar refractivity (Wildman–Crippen MR) is 169 cm³/mol. The molecular weight excluding hydrogens is 611 g/mol. The maximum absolute atomic E-state index is 13.4. The summed E-state index contributed by atoms with van der Waals surface area (Å²) in [5.41, 5.74) is 6.32. The summed E-state index contributed by atoms with van der Waals surface area (Å²) in [5.74, 6) is 0.0735. The largest absolute Gasteiger partial charge is 0.368 e. The molecular formula is C30H35Cl2N6O4S+. The number of amides is 3. The molecule has 5 rings (SSSR count). The lowest BCUT2D eigenvalue weighted by molar-refractivity contribution is -0.258. The third-order valence-corrected chi connectivity index (χ3v) is 10.2. The van der Waals surface area contributed by atoms with E-state index in [0.29, 0.717) is 65.7 Å². The van der Waals surface area contributed by atoms with Crippen molar-refractivity contribution in [1.29, 1.82) is 0 Å². The molecule has 2 fully saturated rings. The van der Waals surface area contributed by atoms with E-state index >= 15 is 0 Å². The third-order valence-electron chi connectivity index (χ3n) is 7.62. The van der Waals surface area contributed by atoms with Crippen LogP contribution in [0.3, 0.4) is 0 Å². The van der Waals surface area contributed by atoms with Crippen molar-refractivity contribution in [1.82, 2.24) is 9.21 Å². The van der Waals surface area contributed by atoms with Crippen molar-refractivity contribution in [2.24, 2.45) is 5.92 Å². The van der Waals surface area contributed by atoms with E-state index in [1.165, 1.54) is 4.31 Å². The van der Waals surface area contributed by atoms with E-state index in [1.54, 1.807) is 47.4 Å². The monoisotopic (exact) mass is 645 g/mol. The number of nitrogens with one attached hydrogen (secondary N) is 2. The number of quaternary nitrogens is 1. The molecule has 1 aliphatic carbocycles. The van der Waals surface area contributed by atoms with E-state index in [9.17, 15) is 18.0 Å². The number of urea groups is 1. The highest BCUT2D eigenvalue weighted by Gasteiger charge is 2.33. The predicted octanol–water partition coefficient (Wildman–Crippen LogP) is 4.65. The van der Waals surface area contributed by atoms with Gasteiger partial charge >= 0.3 is 6.03 Å². The summed E-state index contributed by atoms with van der Waals surface area (Å²) in [5, 5.41) is 6.44. The molecule has 3 amide bonds. The first kappa shape index (κ1) is 31.1. The molecule has 228 valence electrons. The summed E-state index contributed by atoms with van der Waals surface area (Å²) in [4.78, 5) is 29.6. The van der Waals surface area contributed by atoms with E-state index in [4.69, 9.17) is 23.2 Å². The van der Waals surface area contributed by atoms with Gasteiger partial charge in [0.05, 0.1) is 15.7 Å². The molecule has 3 aromatic carbocycles. The summed E-state index contributed by atoms with van der Waals surface area (Å²) in [6, 6.07) is 19.0. The van der Waals surface area contributed by atoms with Crippen molar-refractivity contribution in [3.05, 3.63) is 76.8 Å². The van der Waals surface area contributed by atoms with Crippen LogP contribution in [0.2, 0.25) is 10.0 Å². The number of para-hydroxylation sites is 1. The summed E-state index contributed by atoms with van der Waals surface area (Å²) >= 11 is 12.4. The molecule has 5 N–H and O–H groups in total. The van der Waals surface area contributed by atoms with Crippen LogP contribution in [-0.2, 0) is 14.8 Å². The minimum atomic E-state index is -3.76. The number of hydrogen-bond donors (Lipinski definition) is 3. The van der Waals surface area contributed by atoms with E-state index < -0.39 is 10.0 Å². The van der Waals surface area contributed by atoms with Crippen molar-refractivity contribution in [3.8, 4) is 0 Å². The highest BCUT2D eigenvalue weighted by molar-refractivity contribution is 7.89. The van der Waals surface area contributed by atoms with Crippen LogP contribution in [0, 0.1) is 5.92 Å². The molecule has 0 bridgehead atoms. The maximum Gasteiger partial charge on any atom is 0.322 e. The normalized spacial score (nSPS) is 15.4. The lowest BCUT2D eigenvalue weighted by Gasteiger charge is -2.36. The van der Waals surface area contributed by atoms with Crippen molar-refractivity contribution >= 4 is 67.9 Å². The molecule has 0 radical (unpaired) electrons. The number of anilines is 3. The van der Waals surface area contributed by atoms with Crippen molar-refractivity contribution in [3.63, 3.8) is 0 Å². The van der Waals surface area contributed by atoms with Crippen LogP contribution in [0.4, 0.5) is 27.5 Å². The van der Waals surface area contributed by atoms with Crippen LogP contribution < -0.4 is 21.3 Å². The molecule has 1 saturated carbocycles. The van der Waals surface area contributed by atoms with E-state index in [2.05, 4.69) is 21.3 Å². The van der Waals surface area contributed by atoms with Crippen LogP contribution in [0.1, 0.15) is 19.3 Å². The molecule has 43 heavy (non-hydrogen) atoms. The van der Waals surface area contributed by atoms with Crippen molar-refractivity contribution < 1.29 is 23.7 Å². The van der Waals surface area contributed by atoms with Crippen molar-refractivity contribution in [2.45, 2.75) is 24.2 Å². The molecule has 10 nitrogen and oxygen atoms in total. The molecule has 0 aromatic heterocycles. The summed E-state index contributed by atoms with van der Waals surface area (Å²) in [7, 11) is -3.76. The van der Waals surface area contributed by atoms with Gasteiger partial charge < -0.3 is 26.2 Å². The van der Waals surface area contributed by atoms with Gasteiger partial charge in [0.2, 0.25) is 15.9 Å². The Labute approximate surface area is 261 Å². The fourth-order valence-electron chi connectivity index (χ4n) is 4.97. The Balaban J connectivity index is 1.12. The van der Waals surface area contributed by atoms with Gasteiger partial charge in [0.25, 0.3) is 0 Å². The number of rotatable bonds is 10. The number of halogens is 2. The molecule has 1 saturated heterocycles. The smallest absolute Gasteiger partial charge is 0.322 e. The van der Waals surface area contributed by atoms with Gasteiger partial charge in [0.1, 0.15) is 10.6 Å². The first-order valence-electron chi connectivity index (χ1n) is 14.2. The number of carbonyl (C=O) groups is 2. The molecule has 3 aromatic rings. The summed E-state index contributed by atoms with van der Waals surface area (Å²) < 4.78 is 28.1. The Kier molecular flexibility index (Phi) is 9.78. The van der Waals surface area contributed by atoms with E-state index in [-0.39, 0.29) is 29.8 Å². The molecule has 0 unspecified atom stereocenters. The Morgan fingerprint density at radius 3 is 2.16 bits per heavy atom. The van der Waals surface area contributed by atoms with Gasteiger partial charge in [-0.25, -0.2) is 13.2 Å². The van der Waals surface area contributed by atoms with Gasteiger partial charge in [-0.3, -0.25) is 4.79 Å². The van der Waals surface area contributed by atoms with Crippen LogP contribution in [0.25, 0.3) is 0 Å². The molecule has 0 spiro atoms. The number of benzene rings is 3. The van der Waals surface area contributed by atoms with Gasteiger partial charge in [-0.1, -0.05) is 41.4 Å². The standard InChI is InChI=1S/C30H34Cl2N6O4S/c31-24-4-3-5-25(32)29(24)35-30(40)37-18-16-36(17-19-37)23-12-10-22(11-13-23)34-28(39)14-15-38(20-21-8-9-21)43(41,42)27-7-2-1-6-26(27)33/h1-7,10-13,21H,8-9,14-20,33H2,(H,34,39)(H,35,40)/p+1. The van der Waals surface area contributed by atoms with Gasteiger partial charge in [0, 0.05) is 63.1 Å². The molecule has 1 aliphatic heterocycles. The average Bonchev–Trinajstić information content (AvgIpc) is 3.82. The van der Waals surface area contributed by atoms with Crippen LogP contribution >= 0.6 is 23.2 Å². The molecule has 2 aliphatic rings. The third kappa shape index (κ3) is 7.79. The van der Waals surface area contributed by atoms with Crippen LogP contribution in [0.15, 0.2) is 71.6 Å². The summed E-state index contributed by atoms with van der Waals surface area (Å²) in [6.07, 6.45) is 2.03. The molecule has 0 atom stereocenters. The fourth-order valence-corrected chi connectivity index (χ4v) is 7.13. The molecule has 13 heteroatoms. The minimum absolute atomic E-state index is 0.0381. The first-order valence-corrected chi connectivity index (χ1v) is 16.4. The lowest BCUT2D eigenvalue weighted by Crippen LogP contribution is -2.50. The Morgan fingerprint density at radius 2 is 1.53 bits per heavy atom. The second kappa shape index (κ2) is 13.5. The number of carbonyl (C=O) groups excluding carboxylic acids is 2. The van der Waals surface area contributed by atoms with Gasteiger partial charge in [-0.05, 0) is 61.2 Å². The zero-order valence-corrected chi connectivity index (χ0v) is 26.0. The fraction of sp³-hybridized carbons (Fsp3) is 0.333. The van der Waals surface area contributed by atoms with Crippen LogP contribution in [0.5, 0.6) is 0 Å². The van der Waals surface area contributed by atoms with E-state index in [1.807, 2.05) is 24.3 Å². The van der Waals surface area contributed by atoms with Crippen LogP contribution in [-0.4, -0.2) is 68.8 Å². The van der Waals surface area contributed by atoms with Gasteiger partial charge in [-0.2, -0.15) is 4.31 Å². The SMILES string of the molecule is [NH3+]c1ccccc1S(=O)(=O)N(CCC(=O)Nc1ccc(N2CCN(C(=O)Nc3c(Cl)cccc3Cl)CC2)cc1)CC1CC1. The zero-order valence-electron chi connectivity index (χ0n) is 23.6. The average molecular weight is 647 g/mol. The first-order chi connectivity index (χ1) is 20.6. The van der Waals surface area contributed by atoms with Gasteiger partial charge in [-0.15, -0.1) is 0 Å². The summed E-state index contributed by atoms with van der Waals surface area (Å²) in [6.45, 7) is 2.81. The number of nitrogens with zero attached hydrogens (tertiary/aromatic N) is 3. The Morgan fingerprint density at radius 1 is 0.884 bits per heavy atom. The Bertz CT molecular complexity index is 1560. The zero-order chi connectivity index (χ0) is 30.6. The number of hydrogen-bond acceptors (Lipinski definition) is 5. The van der Waals surface area contributed by atoms with Gasteiger partial charge in [0.15, 0.2) is 0 Å². The number of sulfonamides is 1.